The van der Waals surface area contributed by atoms with Crippen molar-refractivity contribution in [2.75, 3.05) is 33.3 Å². The molecule has 2 aromatic rings. The number of nitrogens with two attached hydrogens (primary N) is 1. The normalized spacial score (nSPS) is 17.1. The van der Waals surface area contributed by atoms with Crippen molar-refractivity contribution >= 4 is 10.2 Å². The number of benzene rings is 1. The number of aromatic nitrogens is 2. The van der Waals surface area contributed by atoms with Crippen molar-refractivity contribution in [1.82, 2.24) is 19.4 Å². The third-order valence-electron chi connectivity index (χ3n) is 4.18. The van der Waals surface area contributed by atoms with Crippen molar-refractivity contribution in [1.29, 1.82) is 0 Å². The third kappa shape index (κ3) is 3.75. The molecule has 2 heterocycles. The van der Waals surface area contributed by atoms with E-state index in [2.05, 4.69) is 15.1 Å². The summed E-state index contributed by atoms with van der Waals surface area (Å²) in [5.41, 5.74) is 3.07. The minimum Gasteiger partial charge on any atom is -0.497 e. The zero-order chi connectivity index (χ0) is 17.2. The summed E-state index contributed by atoms with van der Waals surface area (Å²) in [5.74, 6) is 0.805. The van der Waals surface area contributed by atoms with Crippen LogP contribution in [-0.4, -0.2) is 61.1 Å². The highest BCUT2D eigenvalue weighted by atomic mass is 32.2. The number of nitrogens with one attached hydrogen (secondary N) is 1. The molecule has 3 N–H and O–H groups in total. The number of hydrogen-bond acceptors (Lipinski definition) is 5. The zero-order valence-electron chi connectivity index (χ0n) is 13.5. The van der Waals surface area contributed by atoms with Crippen LogP contribution in [0.2, 0.25) is 0 Å². The monoisotopic (exact) mass is 351 g/mol. The van der Waals surface area contributed by atoms with Crippen LogP contribution in [0.3, 0.4) is 0 Å². The molecule has 0 radical (unpaired) electrons. The fourth-order valence-electron chi connectivity index (χ4n) is 2.82. The largest absolute Gasteiger partial charge is 0.497 e. The van der Waals surface area contributed by atoms with Gasteiger partial charge in [-0.25, -0.2) is 5.14 Å². The predicted molar refractivity (Wildman–Crippen MR) is 90.5 cm³/mol. The summed E-state index contributed by atoms with van der Waals surface area (Å²) in [4.78, 5) is 2.19. The van der Waals surface area contributed by atoms with E-state index >= 15 is 0 Å². The lowest BCUT2D eigenvalue weighted by Crippen LogP contribution is -2.50. The number of aromatic amines is 1. The summed E-state index contributed by atoms with van der Waals surface area (Å²) < 4.78 is 29.2. The van der Waals surface area contributed by atoms with Gasteiger partial charge in [0.15, 0.2) is 0 Å². The van der Waals surface area contributed by atoms with Gasteiger partial charge in [0.05, 0.1) is 19.0 Å². The molecule has 0 spiro atoms. The minimum absolute atomic E-state index is 0.411. The first kappa shape index (κ1) is 16.9. The van der Waals surface area contributed by atoms with E-state index in [1.807, 2.05) is 30.5 Å². The first-order valence-electron chi connectivity index (χ1n) is 7.64. The molecular weight excluding hydrogens is 330 g/mol. The lowest BCUT2D eigenvalue weighted by atomic mass is 10.1. The predicted octanol–water partition coefficient (Wildman–Crippen LogP) is 0.406. The zero-order valence-corrected chi connectivity index (χ0v) is 14.3. The van der Waals surface area contributed by atoms with Gasteiger partial charge in [0.1, 0.15) is 5.75 Å². The molecule has 9 heteroatoms. The highest BCUT2D eigenvalue weighted by Gasteiger charge is 2.24. The first-order chi connectivity index (χ1) is 11.5. The summed E-state index contributed by atoms with van der Waals surface area (Å²) in [7, 11) is -1.96. The SMILES string of the molecule is COc1ccc(-c2[nH]ncc2CN2CCN(S(N)(=O)=O)CC2)cc1. The number of ether oxygens (including phenoxy) is 1. The maximum absolute atomic E-state index is 11.4. The van der Waals surface area contributed by atoms with E-state index in [0.29, 0.717) is 32.7 Å². The molecule has 0 bridgehead atoms. The third-order valence-corrected chi connectivity index (χ3v) is 5.27. The van der Waals surface area contributed by atoms with E-state index < -0.39 is 10.2 Å². The fraction of sp³-hybridized carbons (Fsp3) is 0.400. The van der Waals surface area contributed by atoms with Crippen molar-refractivity contribution < 1.29 is 13.2 Å². The Bertz CT molecular complexity index is 780. The van der Waals surface area contributed by atoms with Gasteiger partial charge >= 0.3 is 0 Å². The van der Waals surface area contributed by atoms with E-state index in [-0.39, 0.29) is 0 Å². The number of nitrogens with zero attached hydrogens (tertiary/aromatic N) is 3. The number of hydrogen-bond donors (Lipinski definition) is 2. The van der Waals surface area contributed by atoms with Crippen LogP contribution in [0.4, 0.5) is 0 Å². The van der Waals surface area contributed by atoms with E-state index in [1.165, 1.54) is 4.31 Å². The highest BCUT2D eigenvalue weighted by molar-refractivity contribution is 7.86. The second-order valence-corrected chi connectivity index (χ2v) is 7.27. The average Bonchev–Trinajstić information content (AvgIpc) is 3.03. The topological polar surface area (TPSA) is 105 Å². The lowest BCUT2D eigenvalue weighted by Gasteiger charge is -2.32. The van der Waals surface area contributed by atoms with Gasteiger partial charge in [0, 0.05) is 43.9 Å². The molecule has 0 saturated carbocycles. The van der Waals surface area contributed by atoms with Gasteiger partial charge in [-0.05, 0) is 24.3 Å². The second kappa shape index (κ2) is 6.89. The Kier molecular flexibility index (Phi) is 4.86. The molecule has 24 heavy (non-hydrogen) atoms. The number of piperazine rings is 1. The fourth-order valence-corrected chi connectivity index (χ4v) is 3.49. The first-order valence-corrected chi connectivity index (χ1v) is 9.14. The highest BCUT2D eigenvalue weighted by Crippen LogP contribution is 2.25. The van der Waals surface area contributed by atoms with Gasteiger partial charge in [-0.3, -0.25) is 10.00 Å². The summed E-state index contributed by atoms with van der Waals surface area (Å²) in [6, 6.07) is 7.78. The second-order valence-electron chi connectivity index (χ2n) is 5.72. The Morgan fingerprint density at radius 2 is 1.88 bits per heavy atom. The van der Waals surface area contributed by atoms with Crippen LogP contribution in [-0.2, 0) is 16.8 Å². The Balaban J connectivity index is 1.68. The van der Waals surface area contributed by atoms with Crippen molar-refractivity contribution in [2.45, 2.75) is 6.54 Å². The Morgan fingerprint density at radius 1 is 1.21 bits per heavy atom. The number of H-pyrrole nitrogens is 1. The molecule has 0 unspecified atom stereocenters. The van der Waals surface area contributed by atoms with Crippen LogP contribution in [0, 0.1) is 0 Å². The minimum atomic E-state index is -3.59. The van der Waals surface area contributed by atoms with E-state index in [9.17, 15) is 8.42 Å². The van der Waals surface area contributed by atoms with Crippen molar-refractivity contribution in [3.63, 3.8) is 0 Å². The molecular formula is C15H21N5O3S. The van der Waals surface area contributed by atoms with Gasteiger partial charge in [0.2, 0.25) is 0 Å². The van der Waals surface area contributed by atoms with E-state index in [1.54, 1.807) is 7.11 Å². The average molecular weight is 351 g/mol. The molecule has 1 fully saturated rings. The Morgan fingerprint density at radius 3 is 2.46 bits per heavy atom. The molecule has 1 aliphatic rings. The molecule has 130 valence electrons. The maximum Gasteiger partial charge on any atom is 0.276 e. The number of methoxy groups -OCH3 is 1. The molecule has 1 aromatic carbocycles. The van der Waals surface area contributed by atoms with Crippen LogP contribution < -0.4 is 9.88 Å². The van der Waals surface area contributed by atoms with Crippen LogP contribution in [0.15, 0.2) is 30.5 Å². The smallest absolute Gasteiger partial charge is 0.276 e. The van der Waals surface area contributed by atoms with E-state index in [0.717, 1.165) is 22.6 Å². The van der Waals surface area contributed by atoms with Gasteiger partial charge in [0.25, 0.3) is 10.2 Å². The van der Waals surface area contributed by atoms with Crippen LogP contribution >= 0.6 is 0 Å². The molecule has 0 aliphatic carbocycles. The van der Waals surface area contributed by atoms with Crippen molar-refractivity contribution in [2.24, 2.45) is 5.14 Å². The van der Waals surface area contributed by atoms with Gasteiger partial charge in [-0.1, -0.05) is 0 Å². The molecule has 3 rings (SSSR count). The quantitative estimate of drug-likeness (QED) is 0.812. The van der Waals surface area contributed by atoms with Crippen LogP contribution in [0.5, 0.6) is 5.75 Å². The molecule has 8 nitrogen and oxygen atoms in total. The van der Waals surface area contributed by atoms with E-state index in [4.69, 9.17) is 9.88 Å². The molecule has 0 amide bonds. The summed E-state index contributed by atoms with van der Waals surface area (Å²) in [5, 5.41) is 12.4. The Labute approximate surface area is 141 Å². The summed E-state index contributed by atoms with van der Waals surface area (Å²) in [6.07, 6.45) is 1.81. The molecule has 0 atom stereocenters. The molecule has 1 saturated heterocycles. The summed E-state index contributed by atoms with van der Waals surface area (Å²) >= 11 is 0. The molecule has 1 aromatic heterocycles. The van der Waals surface area contributed by atoms with Gasteiger partial charge in [-0.15, -0.1) is 0 Å². The lowest BCUT2D eigenvalue weighted by molar-refractivity contribution is 0.182. The maximum atomic E-state index is 11.4. The van der Waals surface area contributed by atoms with Crippen LogP contribution in [0.25, 0.3) is 11.3 Å². The van der Waals surface area contributed by atoms with Crippen molar-refractivity contribution in [3.8, 4) is 17.0 Å². The van der Waals surface area contributed by atoms with Crippen molar-refractivity contribution in [3.05, 3.63) is 36.0 Å². The summed E-state index contributed by atoms with van der Waals surface area (Å²) in [6.45, 7) is 2.81. The standard InChI is InChI=1S/C15H21N5O3S/c1-23-14-4-2-12(3-5-14)15-13(10-17-18-15)11-19-6-8-20(9-7-19)24(16,21)22/h2-5,10H,6-9,11H2,1H3,(H,17,18)(H2,16,21,22). The van der Waals surface area contributed by atoms with Gasteiger partial charge < -0.3 is 4.74 Å². The number of rotatable bonds is 5. The Hall–Kier alpha value is -1.94. The van der Waals surface area contributed by atoms with Crippen LogP contribution in [0.1, 0.15) is 5.56 Å². The van der Waals surface area contributed by atoms with Gasteiger partial charge in [-0.2, -0.15) is 17.8 Å². The molecule has 1 aliphatic heterocycles.